The van der Waals surface area contributed by atoms with Crippen molar-refractivity contribution in [2.24, 2.45) is 17.8 Å². The Kier molecular flexibility index (Phi) is 3.42. The van der Waals surface area contributed by atoms with Crippen LogP contribution in [0.2, 0.25) is 0 Å². The molecule has 0 radical (unpaired) electrons. The van der Waals surface area contributed by atoms with Gasteiger partial charge in [0, 0.05) is 23.3 Å². The lowest BCUT2D eigenvalue weighted by atomic mass is 9.94. The van der Waals surface area contributed by atoms with Crippen molar-refractivity contribution < 1.29 is 36.1 Å². The van der Waals surface area contributed by atoms with E-state index in [4.69, 9.17) is 9.29 Å². The Balaban J connectivity index is 2.00. The molecular formula is C14H17F2NO6S. The summed E-state index contributed by atoms with van der Waals surface area (Å²) in [7, 11) is -5.93. The highest BCUT2D eigenvalue weighted by molar-refractivity contribution is 7.87. The van der Waals surface area contributed by atoms with Crippen LogP contribution in [0.15, 0.2) is 11.5 Å². The number of nitrogens with zero attached hydrogens (tertiary/aromatic N) is 1. The van der Waals surface area contributed by atoms with E-state index in [1.165, 1.54) is 4.90 Å². The standard InChI is InChI=1S/C14H17F2NO6S/c1-13(2,3)17-9-7-4-6(5-8(7)11(17)18)10(9)23-12(19)14(15,16)24(20,21)22/h6-8H,4-5H2,1-3H3,(H,20,21,22). The minimum Gasteiger partial charge on any atom is -0.424 e. The van der Waals surface area contributed by atoms with E-state index in [0.29, 0.717) is 18.5 Å². The van der Waals surface area contributed by atoms with Gasteiger partial charge >= 0.3 is 21.3 Å². The number of alkyl halides is 2. The lowest BCUT2D eigenvalue weighted by Crippen LogP contribution is -2.42. The lowest BCUT2D eigenvalue weighted by Gasteiger charge is -2.33. The first-order valence-corrected chi connectivity index (χ1v) is 8.86. The van der Waals surface area contributed by atoms with Crippen LogP contribution in [0, 0.1) is 17.8 Å². The highest BCUT2D eigenvalue weighted by atomic mass is 32.2. The average Bonchev–Trinajstić information content (AvgIpc) is 2.99. The Bertz CT molecular complexity index is 767. The van der Waals surface area contributed by atoms with Crippen LogP contribution in [0.3, 0.4) is 0 Å². The van der Waals surface area contributed by atoms with Crippen LogP contribution < -0.4 is 0 Å². The van der Waals surface area contributed by atoms with Gasteiger partial charge in [-0.05, 0) is 33.6 Å². The van der Waals surface area contributed by atoms with Gasteiger partial charge in [0.1, 0.15) is 5.76 Å². The summed E-state index contributed by atoms with van der Waals surface area (Å²) < 4.78 is 61.5. The molecule has 1 amide bonds. The van der Waals surface area contributed by atoms with E-state index in [1.54, 1.807) is 20.8 Å². The third-order valence-electron chi connectivity index (χ3n) is 4.75. The van der Waals surface area contributed by atoms with Crippen LogP contribution >= 0.6 is 0 Å². The van der Waals surface area contributed by atoms with Crippen molar-refractivity contribution >= 4 is 22.0 Å². The van der Waals surface area contributed by atoms with Crippen molar-refractivity contribution in [3.8, 4) is 0 Å². The molecule has 2 aliphatic carbocycles. The van der Waals surface area contributed by atoms with E-state index in [9.17, 15) is 26.8 Å². The van der Waals surface area contributed by atoms with E-state index in [0.717, 1.165) is 0 Å². The van der Waals surface area contributed by atoms with Crippen LogP contribution in [0.4, 0.5) is 8.78 Å². The Morgan fingerprint density at radius 2 is 1.79 bits per heavy atom. The molecule has 1 N–H and O–H groups in total. The maximum atomic E-state index is 13.5. The zero-order valence-corrected chi connectivity index (χ0v) is 14.1. The molecule has 3 atom stereocenters. The van der Waals surface area contributed by atoms with E-state index >= 15 is 0 Å². The number of carbonyl (C=O) groups is 2. The Morgan fingerprint density at radius 3 is 2.29 bits per heavy atom. The summed E-state index contributed by atoms with van der Waals surface area (Å²) in [6.07, 6.45) is 0.873. The summed E-state index contributed by atoms with van der Waals surface area (Å²) in [6.45, 7) is 5.30. The topological polar surface area (TPSA) is 101 Å². The van der Waals surface area contributed by atoms with Gasteiger partial charge in [-0.25, -0.2) is 4.79 Å². The van der Waals surface area contributed by atoms with Gasteiger partial charge in [0.25, 0.3) is 0 Å². The molecule has 134 valence electrons. The van der Waals surface area contributed by atoms with Gasteiger partial charge in [-0.1, -0.05) is 0 Å². The highest BCUT2D eigenvalue weighted by Gasteiger charge is 2.62. The molecule has 0 aromatic carbocycles. The third-order valence-corrected chi connectivity index (χ3v) is 5.57. The largest absolute Gasteiger partial charge is 0.466 e. The summed E-state index contributed by atoms with van der Waals surface area (Å²) in [4.78, 5) is 25.6. The van der Waals surface area contributed by atoms with Crippen LogP contribution in [-0.4, -0.2) is 40.5 Å². The maximum absolute atomic E-state index is 13.5. The second-order valence-electron chi connectivity index (χ2n) is 7.36. The van der Waals surface area contributed by atoms with E-state index in [-0.39, 0.29) is 29.4 Å². The predicted octanol–water partition coefficient (Wildman–Crippen LogP) is 1.52. The van der Waals surface area contributed by atoms with E-state index in [2.05, 4.69) is 0 Å². The molecule has 0 aromatic heterocycles. The quantitative estimate of drug-likeness (QED) is 0.601. The number of amides is 1. The molecular weight excluding hydrogens is 348 g/mol. The Hall–Kier alpha value is -1.55. The maximum Gasteiger partial charge on any atom is 0.466 e. The van der Waals surface area contributed by atoms with Crippen molar-refractivity contribution in [1.82, 2.24) is 4.90 Å². The summed E-state index contributed by atoms with van der Waals surface area (Å²) in [6, 6.07) is 0. The number of fused-ring (bicyclic) bond motifs is 1. The molecule has 1 saturated carbocycles. The second kappa shape index (κ2) is 4.75. The smallest absolute Gasteiger partial charge is 0.424 e. The predicted molar refractivity (Wildman–Crippen MR) is 75.9 cm³/mol. The average molecular weight is 365 g/mol. The molecule has 3 unspecified atom stereocenters. The van der Waals surface area contributed by atoms with Crippen LogP contribution in [0.25, 0.3) is 0 Å². The molecule has 10 heteroatoms. The zero-order chi connectivity index (χ0) is 18.2. The molecule has 0 aromatic rings. The van der Waals surface area contributed by atoms with Crippen molar-refractivity contribution in [3.05, 3.63) is 11.5 Å². The molecule has 2 bridgehead atoms. The SMILES string of the molecule is CC(C)(C)N1C(=O)C2CC3CC2C1=C3OC(=O)C(F)(F)S(=O)(=O)O. The fourth-order valence-electron chi connectivity index (χ4n) is 3.87. The first kappa shape index (κ1) is 17.3. The summed E-state index contributed by atoms with van der Waals surface area (Å²) >= 11 is 0. The fraction of sp³-hybridized carbons (Fsp3) is 0.714. The number of rotatable bonds is 3. The molecule has 7 nitrogen and oxygen atoms in total. The first-order valence-electron chi connectivity index (χ1n) is 7.42. The van der Waals surface area contributed by atoms with Gasteiger partial charge in [-0.3, -0.25) is 9.35 Å². The van der Waals surface area contributed by atoms with Crippen molar-refractivity contribution in [1.29, 1.82) is 0 Å². The number of hydrogen-bond acceptors (Lipinski definition) is 5. The van der Waals surface area contributed by atoms with E-state index < -0.39 is 26.9 Å². The van der Waals surface area contributed by atoms with Gasteiger partial charge < -0.3 is 9.64 Å². The minimum atomic E-state index is -5.93. The Morgan fingerprint density at radius 1 is 1.25 bits per heavy atom. The van der Waals surface area contributed by atoms with Crippen molar-refractivity contribution in [2.45, 2.75) is 44.4 Å². The van der Waals surface area contributed by atoms with E-state index in [1.807, 2.05) is 0 Å². The number of halogens is 2. The molecule has 24 heavy (non-hydrogen) atoms. The molecule has 1 saturated heterocycles. The minimum absolute atomic E-state index is 0.0784. The van der Waals surface area contributed by atoms with Crippen molar-refractivity contribution in [2.75, 3.05) is 0 Å². The molecule has 3 aliphatic rings. The molecule has 2 fully saturated rings. The second-order valence-corrected chi connectivity index (χ2v) is 8.82. The van der Waals surface area contributed by atoms with Crippen molar-refractivity contribution in [3.63, 3.8) is 0 Å². The van der Waals surface area contributed by atoms with Gasteiger partial charge in [0.2, 0.25) is 5.91 Å². The third kappa shape index (κ3) is 2.19. The van der Waals surface area contributed by atoms with Gasteiger partial charge in [-0.15, -0.1) is 0 Å². The Labute approximate surface area is 137 Å². The lowest BCUT2D eigenvalue weighted by molar-refractivity contribution is -0.158. The van der Waals surface area contributed by atoms with Crippen LogP contribution in [0.5, 0.6) is 0 Å². The molecule has 1 heterocycles. The number of likely N-dealkylation sites (tertiary alicyclic amines) is 1. The summed E-state index contributed by atoms with van der Waals surface area (Å²) in [5.74, 6) is -3.42. The summed E-state index contributed by atoms with van der Waals surface area (Å²) in [5, 5.41) is -5.06. The molecule has 0 spiro atoms. The monoisotopic (exact) mass is 365 g/mol. The number of hydrogen-bond donors (Lipinski definition) is 1. The number of ether oxygens (including phenoxy) is 1. The van der Waals surface area contributed by atoms with Gasteiger partial charge in [0.05, 0.1) is 5.70 Å². The number of carbonyl (C=O) groups excluding carboxylic acids is 2. The van der Waals surface area contributed by atoms with Gasteiger partial charge in [-0.2, -0.15) is 17.2 Å². The number of allylic oxidation sites excluding steroid dienone is 2. The normalized spacial score (nSPS) is 29.7. The first-order chi connectivity index (χ1) is 10.8. The molecule has 1 aliphatic heterocycles. The summed E-state index contributed by atoms with van der Waals surface area (Å²) in [5.41, 5.74) is -0.254. The van der Waals surface area contributed by atoms with Crippen LogP contribution in [0.1, 0.15) is 33.6 Å². The number of esters is 1. The molecule has 3 rings (SSSR count). The highest BCUT2D eigenvalue weighted by Crippen LogP contribution is 2.59. The zero-order valence-electron chi connectivity index (χ0n) is 13.2. The van der Waals surface area contributed by atoms with Gasteiger partial charge in [0.15, 0.2) is 0 Å². The fourth-order valence-corrected chi connectivity index (χ4v) is 4.12. The van der Waals surface area contributed by atoms with Crippen LogP contribution in [-0.2, 0) is 24.4 Å².